The van der Waals surface area contributed by atoms with E-state index in [0.717, 1.165) is 5.92 Å². The Hall–Kier alpha value is -0.340. The molecule has 0 aliphatic heterocycles. The van der Waals surface area contributed by atoms with Crippen LogP contribution in [0.15, 0.2) is 12.2 Å². The van der Waals surface area contributed by atoms with Gasteiger partial charge in [0.1, 0.15) is 0 Å². The van der Waals surface area contributed by atoms with E-state index in [1.807, 2.05) is 6.92 Å². The second-order valence-corrected chi connectivity index (χ2v) is 4.31. The third-order valence-electron chi connectivity index (χ3n) is 3.76. The first kappa shape index (κ1) is 9.22. The van der Waals surface area contributed by atoms with Crippen molar-refractivity contribution < 1.29 is 9.47 Å². The van der Waals surface area contributed by atoms with Gasteiger partial charge in [-0.3, -0.25) is 0 Å². The average molecular weight is 182 g/mol. The van der Waals surface area contributed by atoms with Crippen molar-refractivity contribution in [1.82, 2.24) is 0 Å². The van der Waals surface area contributed by atoms with E-state index in [4.69, 9.17) is 9.47 Å². The Morgan fingerprint density at radius 3 is 2.23 bits per heavy atom. The lowest BCUT2D eigenvalue weighted by atomic mass is 9.86. The van der Waals surface area contributed by atoms with Crippen LogP contribution in [0.1, 0.15) is 19.8 Å². The van der Waals surface area contributed by atoms with Crippen LogP contribution < -0.4 is 0 Å². The molecule has 2 aliphatic carbocycles. The lowest BCUT2D eigenvalue weighted by Crippen LogP contribution is -2.40. The molecule has 2 bridgehead atoms. The minimum atomic E-state index is -0.385. The first-order valence-corrected chi connectivity index (χ1v) is 4.98. The van der Waals surface area contributed by atoms with Gasteiger partial charge < -0.3 is 9.47 Å². The minimum absolute atomic E-state index is 0.385. The van der Waals surface area contributed by atoms with Crippen LogP contribution in [0.4, 0.5) is 0 Å². The fourth-order valence-corrected chi connectivity index (χ4v) is 2.77. The first-order chi connectivity index (χ1) is 6.19. The summed E-state index contributed by atoms with van der Waals surface area (Å²) >= 11 is 0. The molecule has 0 saturated heterocycles. The van der Waals surface area contributed by atoms with Crippen LogP contribution in [-0.4, -0.2) is 20.0 Å². The van der Waals surface area contributed by atoms with Gasteiger partial charge in [0.25, 0.3) is 0 Å². The van der Waals surface area contributed by atoms with Crippen molar-refractivity contribution in [3.8, 4) is 0 Å². The molecule has 2 heteroatoms. The molecule has 0 aromatic carbocycles. The fraction of sp³-hybridized carbons (Fsp3) is 0.818. The summed E-state index contributed by atoms with van der Waals surface area (Å²) in [6.07, 6.45) is 7.19. The van der Waals surface area contributed by atoms with Crippen LogP contribution in [0, 0.1) is 17.8 Å². The Balaban J connectivity index is 2.13. The van der Waals surface area contributed by atoms with Gasteiger partial charge in [-0.25, -0.2) is 0 Å². The quantitative estimate of drug-likeness (QED) is 0.492. The second kappa shape index (κ2) is 3.10. The molecule has 13 heavy (non-hydrogen) atoms. The molecule has 0 spiro atoms. The van der Waals surface area contributed by atoms with Crippen LogP contribution in [0.2, 0.25) is 0 Å². The predicted octanol–water partition coefficient (Wildman–Crippen LogP) is 2.21. The smallest absolute Gasteiger partial charge is 0.168 e. The highest BCUT2D eigenvalue weighted by Gasteiger charge is 2.46. The largest absolute Gasteiger partial charge is 0.353 e. The van der Waals surface area contributed by atoms with Crippen molar-refractivity contribution in [3.63, 3.8) is 0 Å². The lowest BCUT2D eigenvalue weighted by Gasteiger charge is -2.36. The highest BCUT2D eigenvalue weighted by Crippen LogP contribution is 2.49. The molecule has 3 unspecified atom stereocenters. The maximum atomic E-state index is 5.47. The standard InChI is InChI=1S/C11H18O2/c1-11(12-2,13-3)10-7-8-4-5-9(10)6-8/h4-5,8-10H,6-7H2,1-3H3. The highest BCUT2D eigenvalue weighted by atomic mass is 16.7. The van der Waals surface area contributed by atoms with Crippen LogP contribution >= 0.6 is 0 Å². The minimum Gasteiger partial charge on any atom is -0.353 e. The van der Waals surface area contributed by atoms with Crippen molar-refractivity contribution in [1.29, 1.82) is 0 Å². The Kier molecular flexibility index (Phi) is 2.20. The van der Waals surface area contributed by atoms with E-state index in [1.165, 1.54) is 12.8 Å². The van der Waals surface area contributed by atoms with Gasteiger partial charge in [0, 0.05) is 20.1 Å². The van der Waals surface area contributed by atoms with Crippen LogP contribution in [-0.2, 0) is 9.47 Å². The maximum absolute atomic E-state index is 5.47. The number of rotatable bonds is 3. The van der Waals surface area contributed by atoms with E-state index >= 15 is 0 Å². The first-order valence-electron chi connectivity index (χ1n) is 4.98. The fourth-order valence-electron chi connectivity index (χ4n) is 2.77. The number of methoxy groups -OCH3 is 2. The molecule has 0 heterocycles. The summed E-state index contributed by atoms with van der Waals surface area (Å²) in [5.74, 6) is 1.61. The number of hydrogen-bond acceptors (Lipinski definition) is 2. The third-order valence-corrected chi connectivity index (χ3v) is 3.76. The molecule has 0 radical (unpaired) electrons. The van der Waals surface area contributed by atoms with Crippen LogP contribution in [0.3, 0.4) is 0 Å². The molecule has 2 rings (SSSR count). The lowest BCUT2D eigenvalue weighted by molar-refractivity contribution is -0.231. The van der Waals surface area contributed by atoms with E-state index in [1.54, 1.807) is 14.2 Å². The zero-order valence-electron chi connectivity index (χ0n) is 8.62. The number of allylic oxidation sites excluding steroid dienone is 2. The summed E-state index contributed by atoms with van der Waals surface area (Å²) in [5.41, 5.74) is 0. The van der Waals surface area contributed by atoms with Crippen molar-refractivity contribution in [2.24, 2.45) is 17.8 Å². The predicted molar refractivity (Wildman–Crippen MR) is 51.3 cm³/mol. The summed E-state index contributed by atoms with van der Waals surface area (Å²) in [6, 6.07) is 0. The normalized spacial score (nSPS) is 37.3. The molecule has 0 aromatic heterocycles. The SMILES string of the molecule is COC(C)(OC)C1CC2C=CC1C2. The molecule has 3 atom stereocenters. The number of ether oxygens (including phenoxy) is 2. The van der Waals surface area contributed by atoms with Gasteiger partial charge in [-0.05, 0) is 31.6 Å². The topological polar surface area (TPSA) is 18.5 Å². The number of fused-ring (bicyclic) bond motifs is 2. The van der Waals surface area contributed by atoms with Crippen molar-refractivity contribution in [3.05, 3.63) is 12.2 Å². The molecular formula is C11H18O2. The summed E-state index contributed by atoms with van der Waals surface area (Å²) in [4.78, 5) is 0. The van der Waals surface area contributed by atoms with Gasteiger partial charge in [-0.15, -0.1) is 0 Å². The molecule has 74 valence electrons. The third kappa shape index (κ3) is 1.32. The zero-order chi connectivity index (χ0) is 9.47. The summed E-state index contributed by atoms with van der Waals surface area (Å²) in [5, 5.41) is 0. The molecule has 0 N–H and O–H groups in total. The molecule has 2 aliphatic rings. The Labute approximate surface area is 79.9 Å². The molecule has 1 fully saturated rings. The molecule has 0 amide bonds. The van der Waals surface area contributed by atoms with E-state index in [0.29, 0.717) is 11.8 Å². The molecule has 0 aromatic rings. The van der Waals surface area contributed by atoms with E-state index in [9.17, 15) is 0 Å². The van der Waals surface area contributed by atoms with E-state index in [-0.39, 0.29) is 5.79 Å². The van der Waals surface area contributed by atoms with Gasteiger partial charge in [-0.1, -0.05) is 12.2 Å². The van der Waals surface area contributed by atoms with Gasteiger partial charge >= 0.3 is 0 Å². The summed E-state index contributed by atoms with van der Waals surface area (Å²) in [6.45, 7) is 2.05. The summed E-state index contributed by atoms with van der Waals surface area (Å²) < 4.78 is 10.9. The van der Waals surface area contributed by atoms with Crippen molar-refractivity contribution in [2.75, 3.05) is 14.2 Å². The average Bonchev–Trinajstić information content (AvgIpc) is 2.77. The Bertz CT molecular complexity index is 218. The van der Waals surface area contributed by atoms with E-state index in [2.05, 4.69) is 12.2 Å². The highest BCUT2D eigenvalue weighted by molar-refractivity contribution is 5.12. The Morgan fingerprint density at radius 2 is 1.85 bits per heavy atom. The van der Waals surface area contributed by atoms with Crippen molar-refractivity contribution >= 4 is 0 Å². The van der Waals surface area contributed by atoms with Gasteiger partial charge in [0.2, 0.25) is 0 Å². The van der Waals surface area contributed by atoms with Gasteiger partial charge in [-0.2, -0.15) is 0 Å². The monoisotopic (exact) mass is 182 g/mol. The molecule has 2 nitrogen and oxygen atoms in total. The molecule has 1 saturated carbocycles. The van der Waals surface area contributed by atoms with Gasteiger partial charge in [0.15, 0.2) is 5.79 Å². The van der Waals surface area contributed by atoms with Crippen molar-refractivity contribution in [2.45, 2.75) is 25.6 Å². The van der Waals surface area contributed by atoms with Gasteiger partial charge in [0.05, 0.1) is 0 Å². The Morgan fingerprint density at radius 1 is 1.15 bits per heavy atom. The maximum Gasteiger partial charge on any atom is 0.168 e. The number of hydrogen-bond donors (Lipinski definition) is 0. The second-order valence-electron chi connectivity index (χ2n) is 4.31. The molecular weight excluding hydrogens is 164 g/mol. The van der Waals surface area contributed by atoms with Crippen LogP contribution in [0.5, 0.6) is 0 Å². The zero-order valence-corrected chi connectivity index (χ0v) is 8.62. The summed E-state index contributed by atoms with van der Waals surface area (Å²) in [7, 11) is 3.47. The van der Waals surface area contributed by atoms with Crippen LogP contribution in [0.25, 0.3) is 0 Å². The van der Waals surface area contributed by atoms with E-state index < -0.39 is 0 Å².